The molecule has 0 radical (unpaired) electrons. The van der Waals surface area contributed by atoms with Crippen molar-refractivity contribution in [2.45, 2.75) is 39.5 Å². The van der Waals surface area contributed by atoms with Gasteiger partial charge in [0.2, 0.25) is 5.91 Å². The van der Waals surface area contributed by atoms with Crippen LogP contribution in [0.3, 0.4) is 0 Å². The lowest BCUT2D eigenvalue weighted by atomic mass is 9.81. The quantitative estimate of drug-likeness (QED) is 0.828. The minimum Gasteiger partial charge on any atom is -0.343 e. The Labute approximate surface area is 105 Å². The smallest absolute Gasteiger partial charge is 0.225 e. The van der Waals surface area contributed by atoms with Gasteiger partial charge in [-0.25, -0.2) is 0 Å². The second-order valence-corrected chi connectivity index (χ2v) is 4.46. The standard InChI is InChI=1S/C12H24N2O.ClH/c1-3-14(4-2)12(15)11-7-5-10(9-13)6-8-11;/h10-11H,3-9,13H2,1-2H3;1H/t10-,11-;. The lowest BCUT2D eigenvalue weighted by Crippen LogP contribution is -2.38. The van der Waals surface area contributed by atoms with Crippen molar-refractivity contribution in [3.63, 3.8) is 0 Å². The first-order chi connectivity index (χ1) is 7.22. The van der Waals surface area contributed by atoms with Gasteiger partial charge in [-0.2, -0.15) is 0 Å². The molecular weight excluding hydrogens is 224 g/mol. The van der Waals surface area contributed by atoms with Crippen LogP contribution in [0.2, 0.25) is 0 Å². The van der Waals surface area contributed by atoms with E-state index in [0.717, 1.165) is 45.3 Å². The maximum atomic E-state index is 12.1. The summed E-state index contributed by atoms with van der Waals surface area (Å²) in [5, 5.41) is 0. The van der Waals surface area contributed by atoms with Crippen LogP contribution in [0.1, 0.15) is 39.5 Å². The average Bonchev–Trinajstić information content (AvgIpc) is 2.30. The van der Waals surface area contributed by atoms with Crippen LogP contribution in [0.4, 0.5) is 0 Å². The molecule has 4 heteroatoms. The van der Waals surface area contributed by atoms with Crippen molar-refractivity contribution >= 4 is 18.3 Å². The summed E-state index contributed by atoms with van der Waals surface area (Å²) in [6, 6.07) is 0. The molecule has 0 heterocycles. The van der Waals surface area contributed by atoms with E-state index in [4.69, 9.17) is 5.73 Å². The number of hydrogen-bond acceptors (Lipinski definition) is 2. The average molecular weight is 249 g/mol. The molecular formula is C12H25ClN2O. The minimum absolute atomic E-state index is 0. The van der Waals surface area contributed by atoms with Crippen LogP contribution in [0, 0.1) is 11.8 Å². The number of nitrogens with two attached hydrogens (primary N) is 1. The molecule has 1 rings (SSSR count). The first-order valence-electron chi connectivity index (χ1n) is 6.21. The van der Waals surface area contributed by atoms with Gasteiger partial charge in [-0.1, -0.05) is 0 Å². The Kier molecular flexibility index (Phi) is 7.77. The number of carbonyl (C=O) groups excluding carboxylic acids is 1. The fourth-order valence-corrected chi connectivity index (χ4v) is 2.44. The third-order valence-corrected chi connectivity index (χ3v) is 3.60. The highest BCUT2D eigenvalue weighted by atomic mass is 35.5. The van der Waals surface area contributed by atoms with E-state index >= 15 is 0 Å². The molecule has 0 aromatic rings. The zero-order valence-electron chi connectivity index (χ0n) is 10.4. The van der Waals surface area contributed by atoms with E-state index in [9.17, 15) is 4.79 Å². The van der Waals surface area contributed by atoms with Gasteiger partial charge in [-0.15, -0.1) is 12.4 Å². The summed E-state index contributed by atoms with van der Waals surface area (Å²) in [5.41, 5.74) is 5.64. The molecule has 1 amide bonds. The normalized spacial score (nSPS) is 24.7. The molecule has 0 unspecified atom stereocenters. The molecule has 2 N–H and O–H groups in total. The highest BCUT2D eigenvalue weighted by Crippen LogP contribution is 2.29. The molecule has 3 nitrogen and oxygen atoms in total. The van der Waals surface area contributed by atoms with Gasteiger partial charge in [-0.05, 0) is 52.0 Å². The molecule has 16 heavy (non-hydrogen) atoms. The molecule has 0 aromatic heterocycles. The molecule has 1 saturated carbocycles. The number of halogens is 1. The van der Waals surface area contributed by atoms with Crippen molar-refractivity contribution in [2.24, 2.45) is 17.6 Å². The monoisotopic (exact) mass is 248 g/mol. The molecule has 1 fully saturated rings. The molecule has 0 spiro atoms. The predicted molar refractivity (Wildman–Crippen MR) is 69.7 cm³/mol. The Morgan fingerprint density at radius 3 is 2.06 bits per heavy atom. The van der Waals surface area contributed by atoms with Crippen LogP contribution in [0.15, 0.2) is 0 Å². The summed E-state index contributed by atoms with van der Waals surface area (Å²) in [6.45, 7) is 6.56. The summed E-state index contributed by atoms with van der Waals surface area (Å²) in [5.74, 6) is 1.29. The minimum atomic E-state index is 0. The van der Waals surface area contributed by atoms with E-state index < -0.39 is 0 Å². The second kappa shape index (κ2) is 7.91. The highest BCUT2D eigenvalue weighted by Gasteiger charge is 2.27. The number of hydrogen-bond donors (Lipinski definition) is 1. The summed E-state index contributed by atoms with van der Waals surface area (Å²) >= 11 is 0. The third kappa shape index (κ3) is 3.95. The zero-order valence-corrected chi connectivity index (χ0v) is 11.3. The van der Waals surface area contributed by atoms with Crippen LogP contribution in [0.25, 0.3) is 0 Å². The van der Waals surface area contributed by atoms with E-state index in [2.05, 4.69) is 0 Å². The lowest BCUT2D eigenvalue weighted by molar-refractivity contribution is -0.136. The largest absolute Gasteiger partial charge is 0.343 e. The van der Waals surface area contributed by atoms with Gasteiger partial charge in [0.25, 0.3) is 0 Å². The zero-order chi connectivity index (χ0) is 11.3. The summed E-state index contributed by atoms with van der Waals surface area (Å²) < 4.78 is 0. The maximum absolute atomic E-state index is 12.1. The maximum Gasteiger partial charge on any atom is 0.225 e. The third-order valence-electron chi connectivity index (χ3n) is 3.60. The van der Waals surface area contributed by atoms with Gasteiger partial charge in [-0.3, -0.25) is 4.79 Å². The SMILES string of the molecule is CCN(CC)C(=O)[C@H]1CC[C@H](CN)CC1.Cl. The fraction of sp³-hybridized carbons (Fsp3) is 0.917. The molecule has 0 aliphatic heterocycles. The van der Waals surface area contributed by atoms with Crippen molar-refractivity contribution in [1.29, 1.82) is 0 Å². The molecule has 0 saturated heterocycles. The topological polar surface area (TPSA) is 46.3 Å². The Bertz CT molecular complexity index is 199. The Morgan fingerprint density at radius 1 is 1.19 bits per heavy atom. The highest BCUT2D eigenvalue weighted by molar-refractivity contribution is 5.85. The van der Waals surface area contributed by atoms with E-state index in [1.54, 1.807) is 0 Å². The Hall–Kier alpha value is -0.280. The second-order valence-electron chi connectivity index (χ2n) is 4.46. The lowest BCUT2D eigenvalue weighted by Gasteiger charge is -2.30. The summed E-state index contributed by atoms with van der Waals surface area (Å²) in [7, 11) is 0. The van der Waals surface area contributed by atoms with Crippen molar-refractivity contribution < 1.29 is 4.79 Å². The molecule has 1 aliphatic carbocycles. The van der Waals surface area contributed by atoms with E-state index in [1.807, 2.05) is 18.7 Å². The van der Waals surface area contributed by atoms with Gasteiger partial charge < -0.3 is 10.6 Å². The number of nitrogens with zero attached hydrogens (tertiary/aromatic N) is 1. The van der Waals surface area contributed by atoms with Crippen molar-refractivity contribution in [3.05, 3.63) is 0 Å². The van der Waals surface area contributed by atoms with E-state index in [1.165, 1.54) is 0 Å². The Morgan fingerprint density at radius 2 is 1.69 bits per heavy atom. The predicted octanol–water partition coefficient (Wildman–Crippen LogP) is 2.04. The Balaban J connectivity index is 0.00000225. The molecule has 0 aromatic carbocycles. The summed E-state index contributed by atoms with van der Waals surface area (Å²) in [4.78, 5) is 14.0. The first-order valence-corrected chi connectivity index (χ1v) is 6.21. The van der Waals surface area contributed by atoms with E-state index in [0.29, 0.717) is 11.8 Å². The number of rotatable bonds is 4. The molecule has 0 atom stereocenters. The number of amides is 1. The van der Waals surface area contributed by atoms with E-state index in [-0.39, 0.29) is 18.3 Å². The van der Waals surface area contributed by atoms with Crippen molar-refractivity contribution in [1.82, 2.24) is 4.90 Å². The van der Waals surface area contributed by atoms with Gasteiger partial charge in [0.15, 0.2) is 0 Å². The number of carbonyl (C=O) groups is 1. The molecule has 1 aliphatic rings. The van der Waals surface area contributed by atoms with Gasteiger partial charge in [0, 0.05) is 19.0 Å². The van der Waals surface area contributed by atoms with Crippen LogP contribution in [-0.4, -0.2) is 30.4 Å². The molecule has 96 valence electrons. The fourth-order valence-electron chi connectivity index (χ4n) is 2.44. The summed E-state index contributed by atoms with van der Waals surface area (Å²) in [6.07, 6.45) is 4.34. The van der Waals surface area contributed by atoms with Gasteiger partial charge >= 0.3 is 0 Å². The van der Waals surface area contributed by atoms with Crippen molar-refractivity contribution in [2.75, 3.05) is 19.6 Å². The van der Waals surface area contributed by atoms with Crippen LogP contribution in [-0.2, 0) is 4.79 Å². The van der Waals surface area contributed by atoms with Crippen molar-refractivity contribution in [3.8, 4) is 0 Å². The van der Waals surface area contributed by atoms with Gasteiger partial charge in [0.05, 0.1) is 0 Å². The van der Waals surface area contributed by atoms with Crippen LogP contribution < -0.4 is 5.73 Å². The first kappa shape index (κ1) is 15.7. The molecule has 0 bridgehead atoms. The van der Waals surface area contributed by atoms with Crippen LogP contribution in [0.5, 0.6) is 0 Å². The van der Waals surface area contributed by atoms with Crippen LogP contribution >= 0.6 is 12.4 Å². The van der Waals surface area contributed by atoms with Gasteiger partial charge in [0.1, 0.15) is 0 Å².